The SMILES string of the molecule is CCC(C)c1ccc(C(=O)/C=C\c2ccccc2)cc1. The second kappa shape index (κ2) is 6.85. The molecule has 102 valence electrons. The number of allylic oxidation sites excluding steroid dienone is 1. The Kier molecular flexibility index (Phi) is 4.89. The lowest BCUT2D eigenvalue weighted by atomic mass is 9.97. The van der Waals surface area contributed by atoms with E-state index in [1.165, 1.54) is 5.56 Å². The van der Waals surface area contributed by atoms with E-state index in [0.717, 1.165) is 17.5 Å². The summed E-state index contributed by atoms with van der Waals surface area (Å²) in [7, 11) is 0. The molecule has 0 saturated carbocycles. The first-order valence-electron chi connectivity index (χ1n) is 7.08. The highest BCUT2D eigenvalue weighted by Gasteiger charge is 2.05. The molecule has 1 atom stereocenters. The van der Waals surface area contributed by atoms with Gasteiger partial charge in [-0.15, -0.1) is 0 Å². The number of carbonyl (C=O) groups excluding carboxylic acids is 1. The molecular weight excluding hydrogens is 244 g/mol. The summed E-state index contributed by atoms with van der Waals surface area (Å²) in [6.45, 7) is 4.37. The van der Waals surface area contributed by atoms with E-state index < -0.39 is 0 Å². The molecule has 0 N–H and O–H groups in total. The van der Waals surface area contributed by atoms with E-state index in [1.807, 2.05) is 48.5 Å². The zero-order chi connectivity index (χ0) is 14.4. The molecule has 2 aromatic rings. The molecule has 0 heterocycles. The van der Waals surface area contributed by atoms with Gasteiger partial charge in [0.05, 0.1) is 0 Å². The Morgan fingerprint density at radius 3 is 2.30 bits per heavy atom. The lowest BCUT2D eigenvalue weighted by Gasteiger charge is -2.08. The number of rotatable bonds is 5. The fourth-order valence-electron chi connectivity index (χ4n) is 2.04. The summed E-state index contributed by atoms with van der Waals surface area (Å²) < 4.78 is 0. The van der Waals surface area contributed by atoms with Crippen molar-refractivity contribution in [2.75, 3.05) is 0 Å². The molecule has 1 nitrogen and oxygen atoms in total. The van der Waals surface area contributed by atoms with Crippen molar-refractivity contribution in [3.63, 3.8) is 0 Å². The molecular formula is C19H20O. The Morgan fingerprint density at radius 1 is 1.05 bits per heavy atom. The Balaban J connectivity index is 2.08. The maximum absolute atomic E-state index is 12.1. The van der Waals surface area contributed by atoms with Crippen molar-refractivity contribution < 1.29 is 4.79 Å². The van der Waals surface area contributed by atoms with Crippen LogP contribution < -0.4 is 0 Å². The van der Waals surface area contributed by atoms with Crippen LogP contribution in [0.25, 0.3) is 6.08 Å². The molecule has 0 aliphatic rings. The van der Waals surface area contributed by atoms with Crippen molar-refractivity contribution in [1.29, 1.82) is 0 Å². The third-order valence-electron chi connectivity index (χ3n) is 3.60. The average Bonchev–Trinajstić information content (AvgIpc) is 2.53. The fourth-order valence-corrected chi connectivity index (χ4v) is 2.04. The maximum atomic E-state index is 12.1. The van der Waals surface area contributed by atoms with Crippen LogP contribution in [0.3, 0.4) is 0 Å². The van der Waals surface area contributed by atoms with E-state index >= 15 is 0 Å². The van der Waals surface area contributed by atoms with Crippen molar-refractivity contribution in [3.05, 3.63) is 77.4 Å². The second-order valence-corrected chi connectivity index (χ2v) is 5.04. The highest BCUT2D eigenvalue weighted by atomic mass is 16.1. The first kappa shape index (κ1) is 14.3. The number of benzene rings is 2. The summed E-state index contributed by atoms with van der Waals surface area (Å²) in [5.41, 5.74) is 3.07. The molecule has 1 unspecified atom stereocenters. The Labute approximate surface area is 121 Å². The van der Waals surface area contributed by atoms with Gasteiger partial charge in [0, 0.05) is 5.56 Å². The summed E-state index contributed by atoms with van der Waals surface area (Å²) in [5.74, 6) is 0.587. The van der Waals surface area contributed by atoms with Crippen LogP contribution >= 0.6 is 0 Å². The van der Waals surface area contributed by atoms with Crippen LogP contribution in [0.15, 0.2) is 60.7 Å². The van der Waals surface area contributed by atoms with Crippen LogP contribution in [0.1, 0.15) is 47.7 Å². The largest absolute Gasteiger partial charge is 0.289 e. The average molecular weight is 264 g/mol. The molecule has 2 rings (SSSR count). The van der Waals surface area contributed by atoms with Gasteiger partial charge in [0.15, 0.2) is 5.78 Å². The van der Waals surface area contributed by atoms with E-state index in [9.17, 15) is 4.79 Å². The Hall–Kier alpha value is -2.15. The Bertz CT molecular complexity index is 579. The van der Waals surface area contributed by atoms with Crippen molar-refractivity contribution in [3.8, 4) is 0 Å². The van der Waals surface area contributed by atoms with Crippen LogP contribution in [0.2, 0.25) is 0 Å². The highest BCUT2D eigenvalue weighted by Crippen LogP contribution is 2.19. The molecule has 0 bridgehead atoms. The molecule has 0 spiro atoms. The van der Waals surface area contributed by atoms with Gasteiger partial charge in [0.25, 0.3) is 0 Å². The summed E-state index contributed by atoms with van der Waals surface area (Å²) in [6, 6.07) is 17.8. The molecule has 2 aromatic carbocycles. The van der Waals surface area contributed by atoms with Gasteiger partial charge in [-0.25, -0.2) is 0 Å². The predicted molar refractivity (Wildman–Crippen MR) is 85.0 cm³/mol. The van der Waals surface area contributed by atoms with E-state index in [4.69, 9.17) is 0 Å². The standard InChI is InChI=1S/C19H20O/c1-3-15(2)17-10-12-18(13-11-17)19(20)14-9-16-7-5-4-6-8-16/h4-15H,3H2,1-2H3/b14-9-. The van der Waals surface area contributed by atoms with Crippen molar-refractivity contribution >= 4 is 11.9 Å². The van der Waals surface area contributed by atoms with Gasteiger partial charge in [0.1, 0.15) is 0 Å². The first-order chi connectivity index (χ1) is 9.70. The van der Waals surface area contributed by atoms with E-state index in [-0.39, 0.29) is 5.78 Å². The number of carbonyl (C=O) groups is 1. The minimum atomic E-state index is 0.0459. The summed E-state index contributed by atoms with van der Waals surface area (Å²) >= 11 is 0. The second-order valence-electron chi connectivity index (χ2n) is 5.04. The normalized spacial score (nSPS) is 12.5. The minimum absolute atomic E-state index is 0.0459. The minimum Gasteiger partial charge on any atom is -0.289 e. The molecule has 0 radical (unpaired) electrons. The molecule has 0 aliphatic heterocycles. The van der Waals surface area contributed by atoms with E-state index in [1.54, 1.807) is 6.08 Å². The number of ketones is 1. The van der Waals surface area contributed by atoms with Crippen LogP contribution in [0, 0.1) is 0 Å². The van der Waals surface area contributed by atoms with Crippen LogP contribution in [0.4, 0.5) is 0 Å². The molecule has 0 aromatic heterocycles. The monoisotopic (exact) mass is 264 g/mol. The topological polar surface area (TPSA) is 17.1 Å². The van der Waals surface area contributed by atoms with E-state index in [2.05, 4.69) is 26.0 Å². The summed E-state index contributed by atoms with van der Waals surface area (Å²) in [6.07, 6.45) is 4.60. The van der Waals surface area contributed by atoms with Gasteiger partial charge >= 0.3 is 0 Å². The van der Waals surface area contributed by atoms with Crippen LogP contribution in [0.5, 0.6) is 0 Å². The molecule has 20 heavy (non-hydrogen) atoms. The fraction of sp³-hybridized carbons (Fsp3) is 0.211. The highest BCUT2D eigenvalue weighted by molar-refractivity contribution is 6.06. The smallest absolute Gasteiger partial charge is 0.185 e. The lowest BCUT2D eigenvalue weighted by molar-refractivity contribution is 0.104. The van der Waals surface area contributed by atoms with Gasteiger partial charge in [-0.05, 0) is 29.5 Å². The van der Waals surface area contributed by atoms with Gasteiger partial charge < -0.3 is 0 Å². The number of hydrogen-bond donors (Lipinski definition) is 0. The van der Waals surface area contributed by atoms with Crippen LogP contribution in [-0.2, 0) is 0 Å². The maximum Gasteiger partial charge on any atom is 0.185 e. The molecule has 0 saturated heterocycles. The Morgan fingerprint density at radius 2 is 1.70 bits per heavy atom. The molecule has 1 heteroatoms. The van der Waals surface area contributed by atoms with Crippen LogP contribution in [-0.4, -0.2) is 5.78 Å². The van der Waals surface area contributed by atoms with Crippen molar-refractivity contribution in [2.24, 2.45) is 0 Å². The molecule has 0 fully saturated rings. The lowest BCUT2D eigenvalue weighted by Crippen LogP contribution is -1.96. The quantitative estimate of drug-likeness (QED) is 0.542. The van der Waals surface area contributed by atoms with Crippen molar-refractivity contribution in [2.45, 2.75) is 26.2 Å². The zero-order valence-electron chi connectivity index (χ0n) is 12.0. The number of hydrogen-bond acceptors (Lipinski definition) is 1. The third-order valence-corrected chi connectivity index (χ3v) is 3.60. The molecule has 0 amide bonds. The summed E-state index contributed by atoms with van der Waals surface area (Å²) in [5, 5.41) is 0. The van der Waals surface area contributed by atoms with Gasteiger partial charge in [0.2, 0.25) is 0 Å². The zero-order valence-corrected chi connectivity index (χ0v) is 12.0. The van der Waals surface area contributed by atoms with Gasteiger partial charge in [-0.2, -0.15) is 0 Å². The van der Waals surface area contributed by atoms with Crippen molar-refractivity contribution in [1.82, 2.24) is 0 Å². The van der Waals surface area contributed by atoms with Gasteiger partial charge in [-0.3, -0.25) is 4.79 Å². The van der Waals surface area contributed by atoms with Gasteiger partial charge in [-0.1, -0.05) is 74.5 Å². The van der Waals surface area contributed by atoms with E-state index in [0.29, 0.717) is 5.92 Å². The first-order valence-corrected chi connectivity index (χ1v) is 7.08. The molecule has 0 aliphatic carbocycles. The predicted octanol–water partition coefficient (Wildman–Crippen LogP) is 5.10. The summed E-state index contributed by atoms with van der Waals surface area (Å²) in [4.78, 5) is 12.1. The third kappa shape index (κ3) is 3.67.